The molecule has 3 aromatic carbocycles. The number of likely N-dealkylation sites (tertiary alicyclic amines) is 1. The standard InChI is InChI=1S/C27H30FNO2S/c28-25-13-7-8-14-26(25)32-20-24(30)19-29-17-15-23(16-18-29)27(31,21-9-3-1-4-10-21)22-11-5-2-6-12-22/h1-14,23-24,30-31H,15-20H2. The number of aliphatic hydroxyl groups is 2. The Morgan fingerprint density at radius 1 is 0.875 bits per heavy atom. The number of nitrogens with zero attached hydrogens (tertiary/aromatic N) is 1. The minimum Gasteiger partial charge on any atom is -0.391 e. The average Bonchev–Trinajstić information content (AvgIpc) is 2.84. The van der Waals surface area contributed by atoms with E-state index in [9.17, 15) is 14.6 Å². The summed E-state index contributed by atoms with van der Waals surface area (Å²) >= 11 is 1.35. The van der Waals surface area contributed by atoms with Gasteiger partial charge in [-0.2, -0.15) is 0 Å². The van der Waals surface area contributed by atoms with Gasteiger partial charge >= 0.3 is 0 Å². The summed E-state index contributed by atoms with van der Waals surface area (Å²) in [6.07, 6.45) is 1.15. The normalized spacial score (nSPS) is 16.7. The number of piperidine rings is 1. The van der Waals surface area contributed by atoms with E-state index in [1.165, 1.54) is 17.8 Å². The molecule has 0 amide bonds. The monoisotopic (exact) mass is 451 g/mol. The molecule has 5 heteroatoms. The maximum atomic E-state index is 13.8. The minimum absolute atomic E-state index is 0.0912. The SMILES string of the molecule is OC(CSc1ccccc1F)CN1CCC(C(O)(c2ccccc2)c2ccccc2)CC1. The number of benzene rings is 3. The maximum absolute atomic E-state index is 13.8. The van der Waals surface area contributed by atoms with Gasteiger partial charge in [-0.3, -0.25) is 0 Å². The molecule has 3 aromatic rings. The summed E-state index contributed by atoms with van der Waals surface area (Å²) in [6.45, 7) is 2.19. The molecule has 1 aliphatic rings. The van der Waals surface area contributed by atoms with Crippen LogP contribution in [0.15, 0.2) is 89.8 Å². The Bertz CT molecular complexity index is 938. The molecule has 1 atom stereocenters. The summed E-state index contributed by atoms with van der Waals surface area (Å²) in [4.78, 5) is 2.82. The van der Waals surface area contributed by atoms with Crippen molar-refractivity contribution in [2.24, 2.45) is 5.92 Å². The molecule has 1 saturated heterocycles. The molecule has 32 heavy (non-hydrogen) atoms. The van der Waals surface area contributed by atoms with Crippen LogP contribution in [0.25, 0.3) is 0 Å². The van der Waals surface area contributed by atoms with Crippen LogP contribution in [0.4, 0.5) is 4.39 Å². The van der Waals surface area contributed by atoms with E-state index in [2.05, 4.69) is 4.90 Å². The third-order valence-electron chi connectivity index (χ3n) is 6.34. The zero-order valence-corrected chi connectivity index (χ0v) is 18.9. The maximum Gasteiger partial charge on any atom is 0.136 e. The predicted molar refractivity (Wildman–Crippen MR) is 128 cm³/mol. The molecule has 4 rings (SSSR count). The highest BCUT2D eigenvalue weighted by Gasteiger charge is 2.41. The Morgan fingerprint density at radius 2 is 1.41 bits per heavy atom. The van der Waals surface area contributed by atoms with Crippen molar-refractivity contribution in [3.05, 3.63) is 102 Å². The van der Waals surface area contributed by atoms with Gasteiger partial charge in [-0.15, -0.1) is 11.8 Å². The van der Waals surface area contributed by atoms with Gasteiger partial charge in [0.25, 0.3) is 0 Å². The van der Waals surface area contributed by atoms with Crippen LogP contribution in [0, 0.1) is 11.7 Å². The van der Waals surface area contributed by atoms with Crippen LogP contribution in [0.5, 0.6) is 0 Å². The fourth-order valence-corrected chi connectivity index (χ4v) is 5.51. The van der Waals surface area contributed by atoms with E-state index in [-0.39, 0.29) is 11.7 Å². The number of rotatable bonds is 8. The molecule has 1 unspecified atom stereocenters. The van der Waals surface area contributed by atoms with Crippen LogP contribution in [0.3, 0.4) is 0 Å². The van der Waals surface area contributed by atoms with Crippen molar-refractivity contribution < 1.29 is 14.6 Å². The van der Waals surface area contributed by atoms with Crippen LogP contribution < -0.4 is 0 Å². The second-order valence-electron chi connectivity index (χ2n) is 8.47. The fourth-order valence-electron chi connectivity index (χ4n) is 4.65. The Labute approximate surface area is 193 Å². The van der Waals surface area contributed by atoms with Gasteiger partial charge in [-0.05, 0) is 55.1 Å². The van der Waals surface area contributed by atoms with Gasteiger partial charge in [0.05, 0.1) is 6.10 Å². The van der Waals surface area contributed by atoms with E-state index < -0.39 is 11.7 Å². The van der Waals surface area contributed by atoms with E-state index in [0.29, 0.717) is 17.2 Å². The molecule has 0 spiro atoms. The van der Waals surface area contributed by atoms with Crippen LogP contribution in [-0.4, -0.2) is 46.6 Å². The minimum atomic E-state index is -1.03. The molecule has 2 N–H and O–H groups in total. The highest BCUT2D eigenvalue weighted by molar-refractivity contribution is 7.99. The number of hydrogen-bond donors (Lipinski definition) is 2. The van der Waals surface area contributed by atoms with Crippen molar-refractivity contribution in [1.82, 2.24) is 4.90 Å². The van der Waals surface area contributed by atoms with Crippen molar-refractivity contribution >= 4 is 11.8 Å². The van der Waals surface area contributed by atoms with E-state index in [1.54, 1.807) is 12.1 Å². The van der Waals surface area contributed by atoms with Gasteiger partial charge in [0.1, 0.15) is 11.4 Å². The summed E-state index contributed by atoms with van der Waals surface area (Å²) in [5, 5.41) is 22.5. The Balaban J connectivity index is 1.38. The molecule has 1 aliphatic heterocycles. The highest BCUT2D eigenvalue weighted by atomic mass is 32.2. The van der Waals surface area contributed by atoms with Gasteiger partial charge in [0.2, 0.25) is 0 Å². The topological polar surface area (TPSA) is 43.7 Å². The first-order chi connectivity index (χ1) is 15.6. The molecule has 0 aromatic heterocycles. The van der Waals surface area contributed by atoms with Crippen LogP contribution in [0.1, 0.15) is 24.0 Å². The van der Waals surface area contributed by atoms with Crippen molar-refractivity contribution in [2.45, 2.75) is 29.4 Å². The molecule has 0 aliphatic carbocycles. The number of β-amino-alcohol motifs (C(OH)–C–C–N with tert-alkyl or cyclic N) is 1. The second kappa shape index (κ2) is 10.6. The molecular formula is C27H30FNO2S. The molecule has 3 nitrogen and oxygen atoms in total. The Morgan fingerprint density at radius 3 is 1.97 bits per heavy atom. The molecule has 1 fully saturated rings. The first kappa shape index (κ1) is 23.0. The predicted octanol–water partition coefficient (Wildman–Crippen LogP) is 4.93. The zero-order chi connectivity index (χ0) is 22.4. The molecular weight excluding hydrogens is 421 g/mol. The lowest BCUT2D eigenvalue weighted by molar-refractivity contribution is -0.0186. The van der Waals surface area contributed by atoms with Crippen LogP contribution in [-0.2, 0) is 5.60 Å². The van der Waals surface area contributed by atoms with Crippen LogP contribution in [0.2, 0.25) is 0 Å². The van der Waals surface area contributed by atoms with Gasteiger partial charge in [0, 0.05) is 17.2 Å². The lowest BCUT2D eigenvalue weighted by Crippen LogP contribution is -2.46. The summed E-state index contributed by atoms with van der Waals surface area (Å²) in [6, 6.07) is 26.5. The highest BCUT2D eigenvalue weighted by Crippen LogP contribution is 2.41. The molecule has 0 radical (unpaired) electrons. The number of aliphatic hydroxyl groups excluding tert-OH is 1. The fraction of sp³-hybridized carbons (Fsp3) is 0.333. The number of thioether (sulfide) groups is 1. The molecule has 0 bridgehead atoms. The van der Waals surface area contributed by atoms with E-state index >= 15 is 0 Å². The van der Waals surface area contributed by atoms with Gasteiger partial charge in [0.15, 0.2) is 0 Å². The quantitative estimate of drug-likeness (QED) is 0.477. The van der Waals surface area contributed by atoms with Crippen molar-refractivity contribution in [3.8, 4) is 0 Å². The smallest absolute Gasteiger partial charge is 0.136 e. The first-order valence-electron chi connectivity index (χ1n) is 11.2. The second-order valence-corrected chi connectivity index (χ2v) is 9.53. The third kappa shape index (κ3) is 5.24. The Hall–Kier alpha value is -2.18. The summed E-state index contributed by atoms with van der Waals surface area (Å²) in [7, 11) is 0. The van der Waals surface area contributed by atoms with E-state index in [4.69, 9.17) is 0 Å². The lowest BCUT2D eigenvalue weighted by Gasteiger charge is -2.42. The van der Waals surface area contributed by atoms with Gasteiger partial charge < -0.3 is 15.1 Å². The van der Waals surface area contributed by atoms with Crippen molar-refractivity contribution in [1.29, 1.82) is 0 Å². The molecule has 1 heterocycles. The zero-order valence-electron chi connectivity index (χ0n) is 18.1. The van der Waals surface area contributed by atoms with Gasteiger partial charge in [-0.1, -0.05) is 72.8 Å². The first-order valence-corrected chi connectivity index (χ1v) is 12.2. The van der Waals surface area contributed by atoms with Crippen LogP contribution >= 0.6 is 11.8 Å². The number of hydrogen-bond acceptors (Lipinski definition) is 4. The van der Waals surface area contributed by atoms with Crippen molar-refractivity contribution in [3.63, 3.8) is 0 Å². The van der Waals surface area contributed by atoms with Crippen molar-refractivity contribution in [2.75, 3.05) is 25.4 Å². The third-order valence-corrected chi connectivity index (χ3v) is 7.54. The number of halogens is 1. The Kier molecular flexibility index (Phi) is 7.63. The van der Waals surface area contributed by atoms with E-state index in [1.807, 2.05) is 66.7 Å². The summed E-state index contributed by atoms with van der Waals surface area (Å²) < 4.78 is 13.8. The van der Waals surface area contributed by atoms with E-state index in [0.717, 1.165) is 37.1 Å². The molecule has 0 saturated carbocycles. The largest absolute Gasteiger partial charge is 0.391 e. The average molecular weight is 452 g/mol. The molecule has 168 valence electrons. The summed E-state index contributed by atoms with van der Waals surface area (Å²) in [5.41, 5.74) is 0.811. The van der Waals surface area contributed by atoms with Gasteiger partial charge in [-0.25, -0.2) is 4.39 Å². The lowest BCUT2D eigenvalue weighted by atomic mass is 9.72. The summed E-state index contributed by atoms with van der Waals surface area (Å²) in [5.74, 6) is 0.304.